The fraction of sp³-hybridized carbons (Fsp3) is 0.200. The SMILES string of the molecule is Cc1nn(-c2nccc3cc4c(cc23)OCO4)c(C)c1Br. The Morgan fingerprint density at radius 2 is 1.95 bits per heavy atom. The van der Waals surface area contributed by atoms with Gasteiger partial charge < -0.3 is 9.47 Å². The van der Waals surface area contributed by atoms with Gasteiger partial charge in [-0.15, -0.1) is 0 Å². The van der Waals surface area contributed by atoms with Gasteiger partial charge in [0.25, 0.3) is 0 Å². The molecule has 4 rings (SSSR count). The molecular weight excluding hydrogens is 334 g/mol. The second-order valence-electron chi connectivity index (χ2n) is 4.96. The molecule has 1 aliphatic rings. The Balaban J connectivity index is 2.02. The number of benzene rings is 1. The van der Waals surface area contributed by atoms with Gasteiger partial charge in [0.2, 0.25) is 6.79 Å². The number of halogens is 1. The molecule has 0 radical (unpaired) electrons. The summed E-state index contributed by atoms with van der Waals surface area (Å²) >= 11 is 3.56. The van der Waals surface area contributed by atoms with E-state index in [1.54, 1.807) is 6.20 Å². The summed E-state index contributed by atoms with van der Waals surface area (Å²) in [5, 5.41) is 6.59. The van der Waals surface area contributed by atoms with E-state index in [2.05, 4.69) is 26.0 Å². The molecule has 2 aromatic heterocycles. The van der Waals surface area contributed by atoms with Crippen LogP contribution in [0.4, 0.5) is 0 Å². The molecule has 0 fully saturated rings. The Morgan fingerprint density at radius 3 is 2.67 bits per heavy atom. The van der Waals surface area contributed by atoms with Crippen molar-refractivity contribution in [2.24, 2.45) is 0 Å². The second-order valence-corrected chi connectivity index (χ2v) is 5.75. The van der Waals surface area contributed by atoms with Crippen LogP contribution >= 0.6 is 15.9 Å². The van der Waals surface area contributed by atoms with Crippen LogP contribution in [0.2, 0.25) is 0 Å². The summed E-state index contributed by atoms with van der Waals surface area (Å²) in [7, 11) is 0. The third kappa shape index (κ3) is 1.82. The van der Waals surface area contributed by atoms with Gasteiger partial charge in [-0.25, -0.2) is 9.67 Å². The van der Waals surface area contributed by atoms with Crippen molar-refractivity contribution in [3.8, 4) is 17.3 Å². The fourth-order valence-electron chi connectivity index (χ4n) is 2.55. The minimum atomic E-state index is 0.264. The summed E-state index contributed by atoms with van der Waals surface area (Å²) in [4.78, 5) is 4.50. The maximum absolute atomic E-state index is 5.47. The lowest BCUT2D eigenvalue weighted by molar-refractivity contribution is 0.174. The molecule has 0 amide bonds. The molecule has 1 aliphatic heterocycles. The lowest BCUT2D eigenvalue weighted by Crippen LogP contribution is -2.02. The van der Waals surface area contributed by atoms with Crippen LogP contribution in [-0.2, 0) is 0 Å². The zero-order valence-corrected chi connectivity index (χ0v) is 13.1. The average Bonchev–Trinajstić information content (AvgIpc) is 3.04. The van der Waals surface area contributed by atoms with Gasteiger partial charge in [-0.1, -0.05) is 0 Å². The molecular formula is C15H12BrN3O2. The molecule has 6 heteroatoms. The molecule has 0 saturated heterocycles. The molecule has 3 heterocycles. The van der Waals surface area contributed by atoms with E-state index in [1.165, 1.54) is 0 Å². The van der Waals surface area contributed by atoms with Crippen molar-refractivity contribution < 1.29 is 9.47 Å². The molecule has 0 saturated carbocycles. The quantitative estimate of drug-likeness (QED) is 0.676. The van der Waals surface area contributed by atoms with E-state index in [4.69, 9.17) is 9.47 Å². The van der Waals surface area contributed by atoms with E-state index < -0.39 is 0 Å². The molecule has 1 aromatic carbocycles. The lowest BCUT2D eigenvalue weighted by atomic mass is 10.1. The van der Waals surface area contributed by atoms with E-state index in [9.17, 15) is 0 Å². The standard InChI is InChI=1S/C15H12BrN3O2/c1-8-14(16)9(2)19(18-8)15-11-6-13-12(20-7-21-13)5-10(11)3-4-17-15/h3-6H,7H2,1-2H3. The van der Waals surface area contributed by atoms with Crippen LogP contribution in [0.5, 0.6) is 11.5 Å². The number of aryl methyl sites for hydroxylation is 1. The average molecular weight is 346 g/mol. The third-order valence-corrected chi connectivity index (χ3v) is 4.79. The topological polar surface area (TPSA) is 49.2 Å². The van der Waals surface area contributed by atoms with Gasteiger partial charge in [0, 0.05) is 11.6 Å². The molecule has 106 valence electrons. The molecule has 0 N–H and O–H groups in total. The molecule has 0 atom stereocenters. The lowest BCUT2D eigenvalue weighted by Gasteiger charge is -2.08. The van der Waals surface area contributed by atoms with Crippen molar-refractivity contribution in [1.82, 2.24) is 14.8 Å². The normalized spacial score (nSPS) is 13.1. The monoisotopic (exact) mass is 345 g/mol. The van der Waals surface area contributed by atoms with Gasteiger partial charge in [-0.05, 0) is 53.4 Å². The summed E-state index contributed by atoms with van der Waals surface area (Å²) < 4.78 is 13.7. The predicted molar refractivity (Wildman–Crippen MR) is 82.2 cm³/mol. The van der Waals surface area contributed by atoms with Gasteiger partial charge in [-0.3, -0.25) is 0 Å². The zero-order valence-electron chi connectivity index (χ0n) is 11.6. The minimum Gasteiger partial charge on any atom is -0.454 e. The maximum atomic E-state index is 5.47. The Hall–Kier alpha value is -2.08. The molecule has 0 aliphatic carbocycles. The Morgan fingerprint density at radius 1 is 1.19 bits per heavy atom. The Labute approximate surface area is 129 Å². The van der Waals surface area contributed by atoms with Crippen molar-refractivity contribution in [2.75, 3.05) is 6.79 Å². The summed E-state index contributed by atoms with van der Waals surface area (Å²) in [6, 6.07) is 5.90. The summed E-state index contributed by atoms with van der Waals surface area (Å²) in [6.45, 7) is 4.24. The van der Waals surface area contributed by atoms with E-state index in [0.29, 0.717) is 0 Å². The highest BCUT2D eigenvalue weighted by molar-refractivity contribution is 9.10. The minimum absolute atomic E-state index is 0.264. The number of fused-ring (bicyclic) bond motifs is 2. The van der Waals surface area contributed by atoms with Gasteiger partial charge in [0.15, 0.2) is 17.3 Å². The van der Waals surface area contributed by atoms with Gasteiger partial charge in [0.1, 0.15) is 0 Å². The molecule has 0 unspecified atom stereocenters. The van der Waals surface area contributed by atoms with E-state index >= 15 is 0 Å². The number of pyridine rings is 1. The number of hydrogen-bond acceptors (Lipinski definition) is 4. The first-order chi connectivity index (χ1) is 10.1. The summed E-state index contributed by atoms with van der Waals surface area (Å²) in [5.41, 5.74) is 1.96. The Bertz CT molecular complexity index is 873. The van der Waals surface area contributed by atoms with Gasteiger partial charge in [0.05, 0.1) is 15.9 Å². The molecule has 5 nitrogen and oxygen atoms in total. The number of nitrogens with zero attached hydrogens (tertiary/aromatic N) is 3. The number of aromatic nitrogens is 3. The van der Waals surface area contributed by atoms with Crippen molar-refractivity contribution in [1.29, 1.82) is 0 Å². The number of hydrogen-bond donors (Lipinski definition) is 0. The zero-order chi connectivity index (χ0) is 14.6. The van der Waals surface area contributed by atoms with Crippen molar-refractivity contribution >= 4 is 26.7 Å². The molecule has 3 aromatic rings. The molecule has 21 heavy (non-hydrogen) atoms. The van der Waals surface area contributed by atoms with Crippen LogP contribution in [0.25, 0.3) is 16.6 Å². The predicted octanol–water partition coefficient (Wildman–Crippen LogP) is 3.53. The van der Waals surface area contributed by atoms with Crippen LogP contribution in [0.15, 0.2) is 28.9 Å². The van der Waals surface area contributed by atoms with Gasteiger partial charge >= 0.3 is 0 Å². The summed E-state index contributed by atoms with van der Waals surface area (Å²) in [6.07, 6.45) is 1.78. The van der Waals surface area contributed by atoms with Crippen molar-refractivity contribution in [3.63, 3.8) is 0 Å². The molecule has 0 spiro atoms. The van der Waals surface area contributed by atoms with Crippen molar-refractivity contribution in [3.05, 3.63) is 40.3 Å². The smallest absolute Gasteiger partial charge is 0.231 e. The largest absolute Gasteiger partial charge is 0.454 e. The first-order valence-corrected chi connectivity index (χ1v) is 7.35. The van der Waals surface area contributed by atoms with Crippen LogP contribution in [-0.4, -0.2) is 21.6 Å². The highest BCUT2D eigenvalue weighted by atomic mass is 79.9. The maximum Gasteiger partial charge on any atom is 0.231 e. The van der Waals surface area contributed by atoms with Gasteiger partial charge in [-0.2, -0.15) is 5.10 Å². The van der Waals surface area contributed by atoms with E-state index in [0.717, 1.165) is 43.9 Å². The highest BCUT2D eigenvalue weighted by Crippen LogP contribution is 2.37. The van der Waals surface area contributed by atoms with Crippen LogP contribution < -0.4 is 9.47 Å². The third-order valence-electron chi connectivity index (χ3n) is 3.64. The van der Waals surface area contributed by atoms with Crippen LogP contribution in [0.3, 0.4) is 0 Å². The van der Waals surface area contributed by atoms with Crippen LogP contribution in [0, 0.1) is 13.8 Å². The van der Waals surface area contributed by atoms with E-state index in [1.807, 2.05) is 36.7 Å². The highest BCUT2D eigenvalue weighted by Gasteiger charge is 2.18. The van der Waals surface area contributed by atoms with E-state index in [-0.39, 0.29) is 6.79 Å². The van der Waals surface area contributed by atoms with Crippen LogP contribution in [0.1, 0.15) is 11.4 Å². The first-order valence-electron chi connectivity index (χ1n) is 6.55. The Kier molecular flexibility index (Phi) is 2.68. The number of rotatable bonds is 1. The van der Waals surface area contributed by atoms with Crippen molar-refractivity contribution in [2.45, 2.75) is 13.8 Å². The summed E-state index contributed by atoms with van der Waals surface area (Å²) in [5.74, 6) is 2.31. The second kappa shape index (κ2) is 4.46. The number of ether oxygens (including phenoxy) is 2. The first kappa shape index (κ1) is 12.6. The molecule has 0 bridgehead atoms. The fourth-order valence-corrected chi connectivity index (χ4v) is 2.79.